The quantitative estimate of drug-likeness (QED) is 0.608. The Morgan fingerprint density at radius 2 is 1.97 bits per heavy atom. The average Bonchev–Trinajstić information content (AvgIpc) is 3.42. The number of piperidine rings is 1. The van der Waals surface area contributed by atoms with E-state index >= 15 is 0 Å². The van der Waals surface area contributed by atoms with Gasteiger partial charge in [0.1, 0.15) is 5.70 Å². The summed E-state index contributed by atoms with van der Waals surface area (Å²) < 4.78 is 10.8. The minimum atomic E-state index is -0.219. The van der Waals surface area contributed by atoms with Gasteiger partial charge in [-0.15, -0.1) is 0 Å². The summed E-state index contributed by atoms with van der Waals surface area (Å²) in [5.74, 6) is 1.97. The van der Waals surface area contributed by atoms with Crippen molar-refractivity contribution in [2.24, 2.45) is 10.9 Å². The van der Waals surface area contributed by atoms with Crippen LogP contribution in [0.3, 0.4) is 0 Å². The van der Waals surface area contributed by atoms with Crippen molar-refractivity contribution in [3.63, 3.8) is 0 Å². The Balaban J connectivity index is 1.40. The molecule has 5 rings (SSSR count). The number of likely N-dealkylation sites (tertiary alicyclic amines) is 1. The number of thioether (sulfide) groups is 1. The molecule has 0 aliphatic carbocycles. The molecule has 2 aromatic rings. The highest BCUT2D eigenvalue weighted by Gasteiger charge is 2.33. The Morgan fingerprint density at radius 3 is 2.76 bits per heavy atom. The number of hydrogen-bond donors (Lipinski definition) is 0. The summed E-state index contributed by atoms with van der Waals surface area (Å²) in [4.78, 5) is 34.4. The molecule has 2 amide bonds. The second kappa shape index (κ2) is 9.54. The molecular weight excluding hydrogens is 450 g/mol. The molecule has 7 nitrogen and oxygen atoms in total. The number of carbonyl (C=O) groups excluding carboxylic acids is 2. The van der Waals surface area contributed by atoms with Crippen LogP contribution in [-0.2, 0) is 9.59 Å². The minimum absolute atomic E-state index is 0.0868. The van der Waals surface area contributed by atoms with E-state index in [2.05, 4.69) is 11.9 Å². The Bertz CT molecular complexity index is 1180. The van der Waals surface area contributed by atoms with Gasteiger partial charge in [-0.25, -0.2) is 4.99 Å². The first-order valence-corrected chi connectivity index (χ1v) is 12.5. The van der Waals surface area contributed by atoms with Crippen molar-refractivity contribution in [2.45, 2.75) is 26.7 Å². The zero-order valence-corrected chi connectivity index (χ0v) is 20.1. The molecular formula is C26H27N3O4S. The molecule has 2 aromatic carbocycles. The summed E-state index contributed by atoms with van der Waals surface area (Å²) in [5, 5.41) is 0.513. The van der Waals surface area contributed by atoms with Gasteiger partial charge in [-0.05, 0) is 61.6 Å². The van der Waals surface area contributed by atoms with Crippen LogP contribution in [0.2, 0.25) is 0 Å². The third-order valence-electron chi connectivity index (χ3n) is 6.16. The average molecular weight is 478 g/mol. The van der Waals surface area contributed by atoms with Crippen LogP contribution in [-0.4, -0.2) is 47.5 Å². The zero-order chi connectivity index (χ0) is 23.7. The zero-order valence-electron chi connectivity index (χ0n) is 19.3. The monoisotopic (exact) mass is 477 g/mol. The van der Waals surface area contributed by atoms with Crippen LogP contribution >= 0.6 is 11.8 Å². The van der Waals surface area contributed by atoms with Crippen molar-refractivity contribution in [2.75, 3.05) is 30.5 Å². The molecule has 3 aliphatic rings. The molecule has 1 unspecified atom stereocenters. The van der Waals surface area contributed by atoms with Gasteiger partial charge in [0.05, 0.1) is 11.4 Å². The lowest BCUT2D eigenvalue weighted by Crippen LogP contribution is -2.40. The molecule has 3 heterocycles. The second-order valence-corrected chi connectivity index (χ2v) is 9.83. The van der Waals surface area contributed by atoms with Gasteiger partial charge in [0.25, 0.3) is 5.91 Å². The van der Waals surface area contributed by atoms with Gasteiger partial charge in [0.15, 0.2) is 16.7 Å². The number of fused-ring (bicyclic) bond motifs is 1. The van der Waals surface area contributed by atoms with E-state index in [1.807, 2.05) is 54.3 Å². The molecule has 0 spiro atoms. The van der Waals surface area contributed by atoms with E-state index < -0.39 is 0 Å². The maximum Gasteiger partial charge on any atom is 0.283 e. The first-order valence-electron chi connectivity index (χ1n) is 11.5. The first kappa shape index (κ1) is 22.5. The number of nitrogens with zero attached hydrogens (tertiary/aromatic N) is 3. The van der Waals surface area contributed by atoms with Crippen LogP contribution in [0.25, 0.3) is 6.08 Å². The van der Waals surface area contributed by atoms with Crippen LogP contribution in [0.5, 0.6) is 11.5 Å². The lowest BCUT2D eigenvalue weighted by molar-refractivity contribution is -0.130. The highest BCUT2D eigenvalue weighted by atomic mass is 32.2. The van der Waals surface area contributed by atoms with E-state index in [1.165, 1.54) is 11.8 Å². The Labute approximate surface area is 203 Å². The molecule has 1 saturated heterocycles. The van der Waals surface area contributed by atoms with Gasteiger partial charge in [0.2, 0.25) is 12.7 Å². The van der Waals surface area contributed by atoms with Crippen LogP contribution < -0.4 is 14.4 Å². The van der Waals surface area contributed by atoms with E-state index in [0.29, 0.717) is 28.3 Å². The molecule has 1 fully saturated rings. The van der Waals surface area contributed by atoms with Crippen LogP contribution in [0.4, 0.5) is 5.69 Å². The summed E-state index contributed by atoms with van der Waals surface area (Å²) in [7, 11) is 0. The Hall–Kier alpha value is -3.26. The summed E-state index contributed by atoms with van der Waals surface area (Å²) in [6.45, 7) is 5.97. The maximum atomic E-state index is 13.4. The molecule has 0 aromatic heterocycles. The van der Waals surface area contributed by atoms with E-state index in [1.54, 1.807) is 11.0 Å². The third-order valence-corrected chi connectivity index (χ3v) is 7.08. The number of aliphatic imine (C=N–C) groups is 1. The molecule has 0 saturated carbocycles. The highest BCUT2D eigenvalue weighted by molar-refractivity contribution is 8.14. The van der Waals surface area contributed by atoms with Gasteiger partial charge in [-0.3, -0.25) is 14.5 Å². The van der Waals surface area contributed by atoms with Crippen molar-refractivity contribution in [3.05, 3.63) is 59.3 Å². The number of aryl methyl sites for hydroxylation is 1. The Kier molecular flexibility index (Phi) is 6.32. The standard InChI is InChI=1S/C26H27N3O4S/c1-17-5-8-20(9-6-17)29-25(31)21(12-19-7-10-22-23(13-19)33-16-32-22)27-26(29)34-15-24(30)28-11-3-4-18(2)14-28/h5-10,12-13,18H,3-4,11,14-16H2,1-2H3/b21-12-. The van der Waals surface area contributed by atoms with Gasteiger partial charge in [-0.2, -0.15) is 0 Å². The fourth-order valence-electron chi connectivity index (χ4n) is 4.31. The molecule has 0 bridgehead atoms. The smallest absolute Gasteiger partial charge is 0.283 e. The van der Waals surface area contributed by atoms with E-state index in [9.17, 15) is 9.59 Å². The number of benzene rings is 2. The summed E-state index contributed by atoms with van der Waals surface area (Å²) in [6.07, 6.45) is 3.94. The second-order valence-electron chi connectivity index (χ2n) is 8.89. The minimum Gasteiger partial charge on any atom is -0.454 e. The fraction of sp³-hybridized carbons (Fsp3) is 0.346. The fourth-order valence-corrected chi connectivity index (χ4v) is 5.22. The predicted octanol–water partition coefficient (Wildman–Crippen LogP) is 4.46. The molecule has 34 heavy (non-hydrogen) atoms. The summed E-state index contributed by atoms with van der Waals surface area (Å²) in [5.41, 5.74) is 2.95. The lowest BCUT2D eigenvalue weighted by atomic mass is 10.0. The first-order chi connectivity index (χ1) is 16.5. The number of amidine groups is 1. The predicted molar refractivity (Wildman–Crippen MR) is 134 cm³/mol. The molecule has 176 valence electrons. The number of hydrogen-bond acceptors (Lipinski definition) is 6. The lowest BCUT2D eigenvalue weighted by Gasteiger charge is -2.31. The van der Waals surface area contributed by atoms with Crippen molar-refractivity contribution in [3.8, 4) is 11.5 Å². The number of rotatable bonds is 4. The maximum absolute atomic E-state index is 13.4. The number of anilines is 1. The molecule has 0 radical (unpaired) electrons. The SMILES string of the molecule is Cc1ccc(N2C(=O)/C(=C/c3ccc4c(c3)OCO4)N=C2SCC(=O)N2CCCC(C)C2)cc1. The highest BCUT2D eigenvalue weighted by Crippen LogP contribution is 2.35. The van der Waals surface area contributed by atoms with Gasteiger partial charge < -0.3 is 14.4 Å². The molecule has 1 atom stereocenters. The van der Waals surface area contributed by atoms with E-state index in [0.717, 1.165) is 42.7 Å². The van der Waals surface area contributed by atoms with E-state index in [4.69, 9.17) is 9.47 Å². The summed E-state index contributed by atoms with van der Waals surface area (Å²) >= 11 is 1.31. The number of amides is 2. The van der Waals surface area contributed by atoms with Crippen molar-refractivity contribution >= 4 is 40.5 Å². The topological polar surface area (TPSA) is 71.4 Å². The van der Waals surface area contributed by atoms with Crippen molar-refractivity contribution < 1.29 is 19.1 Å². The normalized spacial score (nSPS) is 20.8. The van der Waals surface area contributed by atoms with E-state index in [-0.39, 0.29) is 24.4 Å². The largest absolute Gasteiger partial charge is 0.454 e. The van der Waals surface area contributed by atoms with Gasteiger partial charge in [-0.1, -0.05) is 42.4 Å². The molecule has 0 N–H and O–H groups in total. The molecule has 8 heteroatoms. The third kappa shape index (κ3) is 4.68. The van der Waals surface area contributed by atoms with Crippen molar-refractivity contribution in [1.82, 2.24) is 4.90 Å². The van der Waals surface area contributed by atoms with Crippen LogP contribution in [0, 0.1) is 12.8 Å². The van der Waals surface area contributed by atoms with Crippen LogP contribution in [0.1, 0.15) is 30.9 Å². The molecule has 3 aliphatic heterocycles. The van der Waals surface area contributed by atoms with Crippen LogP contribution in [0.15, 0.2) is 53.2 Å². The Morgan fingerprint density at radius 1 is 1.18 bits per heavy atom. The number of carbonyl (C=O) groups is 2. The van der Waals surface area contributed by atoms with Gasteiger partial charge in [0, 0.05) is 13.1 Å². The van der Waals surface area contributed by atoms with Gasteiger partial charge >= 0.3 is 0 Å². The summed E-state index contributed by atoms with van der Waals surface area (Å²) in [6, 6.07) is 13.3. The van der Waals surface area contributed by atoms with Crippen molar-refractivity contribution in [1.29, 1.82) is 0 Å². The number of ether oxygens (including phenoxy) is 2.